The molecule has 0 atom stereocenters. The Balaban J connectivity index is 1.75. The van der Waals surface area contributed by atoms with Gasteiger partial charge >= 0.3 is 0 Å². The minimum Gasteiger partial charge on any atom is -0.321 e. The number of nitrogens with one attached hydrogen (secondary N) is 2. The maximum Gasteiger partial charge on any atom is 0.275 e. The van der Waals surface area contributed by atoms with E-state index in [4.69, 9.17) is 11.6 Å². The summed E-state index contributed by atoms with van der Waals surface area (Å²) in [4.78, 5) is 32.8. The number of hydrogen-bond acceptors (Lipinski definition) is 5. The lowest BCUT2D eigenvalue weighted by molar-refractivity contribution is 0.102. The predicted molar refractivity (Wildman–Crippen MR) is 98.4 cm³/mol. The minimum atomic E-state index is -0.432. The number of anilines is 2. The molecular weight excluding hydrogens is 360 g/mol. The molecule has 0 radical (unpaired) electrons. The molecule has 2 heterocycles. The van der Waals surface area contributed by atoms with Crippen LogP contribution in [-0.2, 0) is 0 Å². The second kappa shape index (κ2) is 7.42. The number of hydrogen-bond donors (Lipinski definition) is 2. The monoisotopic (exact) mass is 372 g/mol. The summed E-state index contributed by atoms with van der Waals surface area (Å²) in [5.74, 6) is -0.761. The molecule has 0 aliphatic rings. The van der Waals surface area contributed by atoms with E-state index in [0.717, 1.165) is 5.56 Å². The Labute approximate surface area is 152 Å². The van der Waals surface area contributed by atoms with Gasteiger partial charge in [-0.05, 0) is 36.1 Å². The van der Waals surface area contributed by atoms with Crippen LogP contribution in [0.2, 0.25) is 5.02 Å². The van der Waals surface area contributed by atoms with Crippen LogP contribution >= 0.6 is 22.9 Å². The Hall–Kier alpha value is -2.77. The number of thiophene rings is 1. The SMILES string of the molecule is Cc1ccc(NC(=O)c2sccc2NC(=O)c2cnccn2)cc1Cl. The second-order valence-corrected chi connectivity index (χ2v) is 6.45. The quantitative estimate of drug-likeness (QED) is 0.724. The molecule has 2 aromatic heterocycles. The molecule has 0 aliphatic carbocycles. The fourth-order valence-corrected chi connectivity index (χ4v) is 2.97. The van der Waals surface area contributed by atoms with Crippen molar-refractivity contribution in [3.63, 3.8) is 0 Å². The Morgan fingerprint density at radius 2 is 1.96 bits per heavy atom. The van der Waals surface area contributed by atoms with E-state index in [1.54, 1.807) is 23.6 Å². The summed E-state index contributed by atoms with van der Waals surface area (Å²) in [6.45, 7) is 1.88. The summed E-state index contributed by atoms with van der Waals surface area (Å²) in [5.41, 5.74) is 2.09. The lowest BCUT2D eigenvalue weighted by atomic mass is 10.2. The average molecular weight is 373 g/mol. The number of rotatable bonds is 4. The van der Waals surface area contributed by atoms with Gasteiger partial charge in [0.25, 0.3) is 11.8 Å². The van der Waals surface area contributed by atoms with Gasteiger partial charge in [-0.3, -0.25) is 14.6 Å². The summed E-state index contributed by atoms with van der Waals surface area (Å²) in [5, 5.41) is 7.74. The zero-order chi connectivity index (χ0) is 17.8. The Bertz CT molecular complexity index is 927. The van der Waals surface area contributed by atoms with E-state index >= 15 is 0 Å². The number of carbonyl (C=O) groups is 2. The highest BCUT2D eigenvalue weighted by atomic mass is 35.5. The molecular formula is C17H13ClN4O2S. The third-order valence-corrected chi connectivity index (χ3v) is 4.67. The topological polar surface area (TPSA) is 84.0 Å². The van der Waals surface area contributed by atoms with Gasteiger partial charge in [0, 0.05) is 23.1 Å². The van der Waals surface area contributed by atoms with E-state index in [2.05, 4.69) is 20.6 Å². The first kappa shape index (κ1) is 17.1. The van der Waals surface area contributed by atoms with Crippen molar-refractivity contribution in [2.45, 2.75) is 6.92 Å². The summed E-state index contributed by atoms with van der Waals surface area (Å²) in [6, 6.07) is 6.93. The summed E-state index contributed by atoms with van der Waals surface area (Å²) < 4.78 is 0. The molecule has 25 heavy (non-hydrogen) atoms. The molecule has 0 bridgehead atoms. The number of carbonyl (C=O) groups excluding carboxylic acids is 2. The van der Waals surface area contributed by atoms with Crippen LogP contribution in [0.3, 0.4) is 0 Å². The number of nitrogens with zero attached hydrogens (tertiary/aromatic N) is 2. The number of aromatic nitrogens is 2. The van der Waals surface area contributed by atoms with Crippen molar-refractivity contribution in [1.82, 2.24) is 9.97 Å². The van der Waals surface area contributed by atoms with Crippen LogP contribution in [0.15, 0.2) is 48.2 Å². The predicted octanol–water partition coefficient (Wildman–Crippen LogP) is 4.00. The van der Waals surface area contributed by atoms with Gasteiger partial charge in [0.15, 0.2) is 0 Å². The first-order valence-corrected chi connectivity index (χ1v) is 8.52. The number of halogens is 1. The van der Waals surface area contributed by atoms with Crippen molar-refractivity contribution in [2.24, 2.45) is 0 Å². The van der Waals surface area contributed by atoms with Crippen LogP contribution < -0.4 is 10.6 Å². The van der Waals surface area contributed by atoms with E-state index in [0.29, 0.717) is 21.3 Å². The lowest BCUT2D eigenvalue weighted by Gasteiger charge is -2.08. The third kappa shape index (κ3) is 4.01. The third-order valence-electron chi connectivity index (χ3n) is 3.35. The first-order valence-electron chi connectivity index (χ1n) is 7.27. The van der Waals surface area contributed by atoms with E-state index < -0.39 is 5.91 Å². The van der Waals surface area contributed by atoms with Gasteiger partial charge in [0.1, 0.15) is 10.6 Å². The fourth-order valence-electron chi connectivity index (χ4n) is 2.04. The van der Waals surface area contributed by atoms with Crippen LogP contribution in [0.25, 0.3) is 0 Å². The van der Waals surface area contributed by atoms with Crippen LogP contribution in [0.1, 0.15) is 25.7 Å². The highest BCUT2D eigenvalue weighted by Crippen LogP contribution is 2.25. The van der Waals surface area contributed by atoms with Crippen LogP contribution in [0.5, 0.6) is 0 Å². The van der Waals surface area contributed by atoms with Crippen molar-refractivity contribution in [3.8, 4) is 0 Å². The van der Waals surface area contributed by atoms with Crippen molar-refractivity contribution in [2.75, 3.05) is 10.6 Å². The van der Waals surface area contributed by atoms with E-state index in [9.17, 15) is 9.59 Å². The van der Waals surface area contributed by atoms with Crippen LogP contribution in [0, 0.1) is 6.92 Å². The molecule has 0 fully saturated rings. The molecule has 6 nitrogen and oxygen atoms in total. The smallest absolute Gasteiger partial charge is 0.275 e. The highest BCUT2D eigenvalue weighted by Gasteiger charge is 2.17. The molecule has 1 aromatic carbocycles. The zero-order valence-corrected chi connectivity index (χ0v) is 14.7. The Kier molecular flexibility index (Phi) is 5.06. The van der Waals surface area contributed by atoms with E-state index in [-0.39, 0.29) is 11.6 Å². The lowest BCUT2D eigenvalue weighted by Crippen LogP contribution is -2.17. The maximum absolute atomic E-state index is 12.5. The van der Waals surface area contributed by atoms with Gasteiger partial charge in [-0.1, -0.05) is 17.7 Å². The molecule has 3 rings (SSSR count). The van der Waals surface area contributed by atoms with Crippen LogP contribution in [0.4, 0.5) is 11.4 Å². The van der Waals surface area contributed by atoms with Gasteiger partial charge in [-0.2, -0.15) is 0 Å². The van der Waals surface area contributed by atoms with Crippen molar-refractivity contribution in [3.05, 3.63) is 69.4 Å². The standard InChI is InChI=1S/C17H13ClN4O2S/c1-10-2-3-11(8-12(10)18)21-17(24)15-13(4-7-25-15)22-16(23)14-9-19-5-6-20-14/h2-9H,1H3,(H,21,24)(H,22,23). The summed E-state index contributed by atoms with van der Waals surface area (Å²) in [6.07, 6.45) is 4.26. The Morgan fingerprint density at radius 1 is 1.12 bits per heavy atom. The molecule has 0 unspecified atom stereocenters. The minimum absolute atomic E-state index is 0.172. The second-order valence-electron chi connectivity index (χ2n) is 5.13. The first-order chi connectivity index (χ1) is 12.0. The maximum atomic E-state index is 12.5. The number of benzene rings is 1. The molecule has 0 aliphatic heterocycles. The number of amides is 2. The van der Waals surface area contributed by atoms with Crippen molar-refractivity contribution in [1.29, 1.82) is 0 Å². The highest BCUT2D eigenvalue weighted by molar-refractivity contribution is 7.12. The van der Waals surface area contributed by atoms with E-state index in [1.807, 2.05) is 13.0 Å². The van der Waals surface area contributed by atoms with Gasteiger partial charge in [-0.25, -0.2) is 4.98 Å². The zero-order valence-electron chi connectivity index (χ0n) is 13.1. The number of aryl methyl sites for hydroxylation is 1. The molecule has 126 valence electrons. The summed E-state index contributed by atoms with van der Waals surface area (Å²) in [7, 11) is 0. The van der Waals surface area contributed by atoms with Gasteiger partial charge in [-0.15, -0.1) is 11.3 Å². The largest absolute Gasteiger partial charge is 0.321 e. The van der Waals surface area contributed by atoms with E-state index in [1.165, 1.54) is 29.9 Å². The van der Waals surface area contributed by atoms with Gasteiger partial charge in [0.05, 0.1) is 11.9 Å². The summed E-state index contributed by atoms with van der Waals surface area (Å²) >= 11 is 7.30. The molecule has 0 spiro atoms. The molecule has 2 amide bonds. The fraction of sp³-hybridized carbons (Fsp3) is 0.0588. The molecule has 3 aromatic rings. The van der Waals surface area contributed by atoms with Crippen molar-refractivity contribution >= 4 is 46.1 Å². The normalized spacial score (nSPS) is 10.3. The molecule has 0 saturated heterocycles. The van der Waals surface area contributed by atoms with Gasteiger partial charge in [0.2, 0.25) is 0 Å². The van der Waals surface area contributed by atoms with Gasteiger partial charge < -0.3 is 10.6 Å². The Morgan fingerprint density at radius 3 is 2.68 bits per heavy atom. The van der Waals surface area contributed by atoms with Crippen molar-refractivity contribution < 1.29 is 9.59 Å². The molecule has 8 heteroatoms. The molecule has 2 N–H and O–H groups in total. The molecule has 0 saturated carbocycles. The van der Waals surface area contributed by atoms with Crippen LogP contribution in [-0.4, -0.2) is 21.8 Å². The average Bonchev–Trinajstić information content (AvgIpc) is 3.07.